The summed E-state index contributed by atoms with van der Waals surface area (Å²) < 4.78 is 6.61. The summed E-state index contributed by atoms with van der Waals surface area (Å²) >= 11 is 12.8. The topological polar surface area (TPSA) is 52.4 Å². The number of alkyl halides is 1. The van der Waals surface area contributed by atoms with Crippen molar-refractivity contribution in [3.8, 4) is 5.75 Å². The van der Waals surface area contributed by atoms with Gasteiger partial charge in [0, 0.05) is 38.1 Å². The highest BCUT2D eigenvalue weighted by Crippen LogP contribution is 2.28. The molecule has 0 atom stereocenters. The molecule has 0 aliphatic carbocycles. The first-order valence-electron chi connectivity index (χ1n) is 5.91. The quantitative estimate of drug-likeness (QED) is 0.355. The smallest absolute Gasteiger partial charge is 0.270 e. The van der Waals surface area contributed by atoms with Gasteiger partial charge in [-0.15, -0.1) is 0 Å². The molecule has 0 aromatic heterocycles. The zero-order valence-electron chi connectivity index (χ0n) is 10.7. The average molecular weight is 435 g/mol. The van der Waals surface area contributed by atoms with Gasteiger partial charge in [-0.1, -0.05) is 49.5 Å². The molecule has 110 valence electrons. The first kappa shape index (κ1) is 16.3. The molecule has 4 nitrogen and oxygen atoms in total. The zero-order chi connectivity index (χ0) is 15.4. The molecule has 7 heteroatoms. The molecule has 2 aromatic rings. The Morgan fingerprint density at radius 2 is 1.95 bits per heavy atom. The Kier molecular flexibility index (Phi) is 5.61. The van der Waals surface area contributed by atoms with Crippen LogP contribution in [0.5, 0.6) is 5.75 Å². The van der Waals surface area contributed by atoms with Gasteiger partial charge in [0.1, 0.15) is 12.4 Å². The van der Waals surface area contributed by atoms with E-state index in [-0.39, 0.29) is 5.69 Å². The van der Waals surface area contributed by atoms with E-state index in [0.717, 1.165) is 15.6 Å². The summed E-state index contributed by atoms with van der Waals surface area (Å²) in [6.07, 6.45) is 0. The van der Waals surface area contributed by atoms with Gasteiger partial charge >= 0.3 is 0 Å². The molecule has 0 heterocycles. The van der Waals surface area contributed by atoms with Gasteiger partial charge in [0.15, 0.2) is 0 Å². The van der Waals surface area contributed by atoms with Crippen LogP contribution in [0.2, 0.25) is 5.02 Å². The summed E-state index contributed by atoms with van der Waals surface area (Å²) in [5.74, 6) is 0.594. The van der Waals surface area contributed by atoms with Gasteiger partial charge in [-0.3, -0.25) is 10.1 Å². The maximum absolute atomic E-state index is 10.8. The van der Waals surface area contributed by atoms with Crippen LogP contribution in [-0.4, -0.2) is 4.92 Å². The number of benzene rings is 2. The molecule has 0 aliphatic heterocycles. The molecule has 0 fully saturated rings. The van der Waals surface area contributed by atoms with Gasteiger partial charge in [-0.05, 0) is 18.2 Å². The second-order valence-corrected chi connectivity index (χ2v) is 6.09. The Labute approximate surface area is 143 Å². The van der Waals surface area contributed by atoms with Crippen LogP contribution in [-0.2, 0) is 11.9 Å². The second kappa shape index (κ2) is 7.24. The number of nitrogens with zero attached hydrogens (tertiary/aromatic N) is 1. The number of ether oxygens (including phenoxy) is 1. The molecule has 0 bridgehead atoms. The Bertz CT molecular complexity index is 679. The Morgan fingerprint density at radius 3 is 2.57 bits per heavy atom. The summed E-state index contributed by atoms with van der Waals surface area (Å²) in [6, 6.07) is 10.1. The predicted octanol–water partition coefficient (Wildman–Crippen LogP) is 5.48. The van der Waals surface area contributed by atoms with Gasteiger partial charge in [0.25, 0.3) is 5.69 Å². The molecule has 0 radical (unpaired) electrons. The van der Waals surface area contributed by atoms with Crippen LogP contribution in [0.3, 0.4) is 0 Å². The van der Waals surface area contributed by atoms with E-state index in [1.165, 1.54) is 12.1 Å². The van der Waals surface area contributed by atoms with Crippen molar-refractivity contribution < 1.29 is 9.66 Å². The molecule has 21 heavy (non-hydrogen) atoms. The highest BCUT2D eigenvalue weighted by molar-refractivity contribution is 9.10. The van der Waals surface area contributed by atoms with Crippen LogP contribution in [0.4, 0.5) is 5.69 Å². The third-order valence-electron chi connectivity index (χ3n) is 2.80. The number of hydrogen-bond donors (Lipinski definition) is 0. The van der Waals surface area contributed by atoms with E-state index >= 15 is 0 Å². The normalized spacial score (nSPS) is 10.4. The van der Waals surface area contributed by atoms with E-state index in [0.29, 0.717) is 22.7 Å². The summed E-state index contributed by atoms with van der Waals surface area (Å²) in [7, 11) is 0. The minimum atomic E-state index is -0.429. The number of nitro groups is 1. The molecule has 0 amide bonds. The minimum Gasteiger partial charge on any atom is -0.489 e. The first-order valence-corrected chi connectivity index (χ1v) is 8.20. The summed E-state index contributed by atoms with van der Waals surface area (Å²) in [6.45, 7) is 0.296. The summed E-state index contributed by atoms with van der Waals surface area (Å²) in [5.41, 5.74) is 1.61. The lowest BCUT2D eigenvalue weighted by atomic mass is 10.2. The number of non-ortho nitro benzene ring substituents is 1. The third kappa shape index (κ3) is 4.18. The van der Waals surface area contributed by atoms with Gasteiger partial charge in [-0.25, -0.2) is 0 Å². The van der Waals surface area contributed by atoms with Crippen LogP contribution < -0.4 is 4.74 Å². The fourth-order valence-electron chi connectivity index (χ4n) is 1.72. The molecule has 0 saturated carbocycles. The maximum Gasteiger partial charge on any atom is 0.270 e. The van der Waals surface area contributed by atoms with Gasteiger partial charge in [0.05, 0.1) is 4.92 Å². The fourth-order valence-corrected chi connectivity index (χ4v) is 2.89. The van der Waals surface area contributed by atoms with E-state index in [2.05, 4.69) is 31.9 Å². The monoisotopic (exact) mass is 433 g/mol. The van der Waals surface area contributed by atoms with Crippen LogP contribution >= 0.6 is 43.5 Å². The Hall–Kier alpha value is -1.11. The largest absolute Gasteiger partial charge is 0.489 e. The van der Waals surface area contributed by atoms with Gasteiger partial charge in [0.2, 0.25) is 0 Å². The van der Waals surface area contributed by atoms with Crippen LogP contribution in [0, 0.1) is 10.1 Å². The highest BCUT2D eigenvalue weighted by Gasteiger charge is 2.11. The van der Waals surface area contributed by atoms with E-state index in [1.54, 1.807) is 12.1 Å². The second-order valence-electron chi connectivity index (χ2n) is 4.21. The van der Waals surface area contributed by atoms with E-state index in [1.807, 2.05) is 12.1 Å². The number of nitro benzene ring substituents is 1. The first-order chi connectivity index (χ1) is 10.0. The van der Waals surface area contributed by atoms with E-state index in [4.69, 9.17) is 16.3 Å². The highest BCUT2D eigenvalue weighted by atomic mass is 79.9. The van der Waals surface area contributed by atoms with Crippen molar-refractivity contribution in [2.75, 3.05) is 0 Å². The molecule has 0 N–H and O–H groups in total. The zero-order valence-corrected chi connectivity index (χ0v) is 14.6. The van der Waals surface area contributed by atoms with Crippen molar-refractivity contribution in [1.82, 2.24) is 0 Å². The summed E-state index contributed by atoms with van der Waals surface area (Å²) in [4.78, 5) is 10.3. The van der Waals surface area contributed by atoms with E-state index < -0.39 is 4.92 Å². The van der Waals surface area contributed by atoms with Gasteiger partial charge < -0.3 is 4.74 Å². The predicted molar refractivity (Wildman–Crippen MR) is 89.2 cm³/mol. The molecule has 0 aliphatic rings. The van der Waals surface area contributed by atoms with Crippen LogP contribution in [0.15, 0.2) is 40.9 Å². The Morgan fingerprint density at radius 1 is 1.19 bits per heavy atom. The molecule has 2 rings (SSSR count). The Balaban J connectivity index is 2.17. The number of hydrogen-bond acceptors (Lipinski definition) is 3. The van der Waals surface area contributed by atoms with E-state index in [9.17, 15) is 10.1 Å². The molecular weight excluding hydrogens is 425 g/mol. The standard InChI is InChI=1S/C14H10Br2ClNO3/c15-7-10-5-12(18(19)20)3-4-14(10)21-8-9-1-2-11(16)6-13(9)17/h1-6H,7-8H2. The summed E-state index contributed by atoms with van der Waals surface area (Å²) in [5, 5.41) is 11.8. The van der Waals surface area contributed by atoms with Crippen molar-refractivity contribution in [2.45, 2.75) is 11.9 Å². The lowest BCUT2D eigenvalue weighted by Gasteiger charge is -2.11. The van der Waals surface area contributed by atoms with Gasteiger partial charge in [-0.2, -0.15) is 0 Å². The lowest BCUT2D eigenvalue weighted by molar-refractivity contribution is -0.384. The number of rotatable bonds is 5. The van der Waals surface area contributed by atoms with Crippen molar-refractivity contribution in [3.63, 3.8) is 0 Å². The fraction of sp³-hybridized carbons (Fsp3) is 0.143. The maximum atomic E-state index is 10.8. The molecular formula is C14H10Br2ClNO3. The average Bonchev–Trinajstić information content (AvgIpc) is 2.46. The van der Waals surface area contributed by atoms with Crippen molar-refractivity contribution >= 4 is 49.1 Å². The van der Waals surface area contributed by atoms with Crippen molar-refractivity contribution in [1.29, 1.82) is 0 Å². The van der Waals surface area contributed by atoms with Crippen LogP contribution in [0.1, 0.15) is 11.1 Å². The molecule has 0 spiro atoms. The number of halogens is 3. The SMILES string of the molecule is O=[N+]([O-])c1ccc(OCc2ccc(Br)cc2Cl)c(CBr)c1. The molecule has 2 aromatic carbocycles. The minimum absolute atomic E-state index is 0.0403. The molecule has 0 unspecified atom stereocenters. The van der Waals surface area contributed by atoms with Crippen molar-refractivity contribution in [2.24, 2.45) is 0 Å². The van der Waals surface area contributed by atoms with Crippen LogP contribution in [0.25, 0.3) is 0 Å². The molecule has 0 saturated heterocycles. The van der Waals surface area contributed by atoms with Crippen molar-refractivity contribution in [3.05, 3.63) is 67.1 Å². The third-order valence-corrected chi connectivity index (χ3v) is 4.25. The lowest BCUT2D eigenvalue weighted by Crippen LogP contribution is -1.99.